The largest absolute Gasteiger partial charge is 0.461 e. The third-order valence-electron chi connectivity index (χ3n) is 3.60. The Kier molecular flexibility index (Phi) is 3.04. The molecule has 1 unspecified atom stereocenters. The maximum absolute atomic E-state index is 8.86. The van der Waals surface area contributed by atoms with E-state index in [4.69, 9.17) is 9.68 Å². The summed E-state index contributed by atoms with van der Waals surface area (Å²) in [6.07, 6.45) is 4.66. The molecule has 0 spiro atoms. The van der Waals surface area contributed by atoms with Gasteiger partial charge in [-0.15, -0.1) is 0 Å². The van der Waals surface area contributed by atoms with Crippen molar-refractivity contribution in [2.75, 3.05) is 6.54 Å². The van der Waals surface area contributed by atoms with Gasteiger partial charge in [0.05, 0.1) is 11.6 Å². The summed E-state index contributed by atoms with van der Waals surface area (Å²) >= 11 is 0. The molecule has 0 amide bonds. The Bertz CT molecular complexity index is 588. The molecule has 18 heavy (non-hydrogen) atoms. The van der Waals surface area contributed by atoms with Crippen LogP contribution in [0, 0.1) is 11.3 Å². The second-order valence-electron chi connectivity index (χ2n) is 4.91. The molecule has 2 heterocycles. The molecule has 1 saturated heterocycles. The third-order valence-corrected chi connectivity index (χ3v) is 3.60. The highest BCUT2D eigenvalue weighted by atomic mass is 16.3. The summed E-state index contributed by atoms with van der Waals surface area (Å²) < 4.78 is 5.79. The van der Waals surface area contributed by atoms with Gasteiger partial charge in [-0.05, 0) is 50.1 Å². The lowest BCUT2D eigenvalue weighted by Gasteiger charge is -2.07. The van der Waals surface area contributed by atoms with Crippen molar-refractivity contribution in [2.45, 2.75) is 31.7 Å². The Morgan fingerprint density at radius 1 is 1.39 bits per heavy atom. The Morgan fingerprint density at radius 2 is 2.33 bits per heavy atom. The molecule has 3 nitrogen and oxygen atoms in total. The number of benzene rings is 1. The van der Waals surface area contributed by atoms with Crippen LogP contribution >= 0.6 is 0 Å². The van der Waals surface area contributed by atoms with Crippen molar-refractivity contribution in [2.24, 2.45) is 0 Å². The highest BCUT2D eigenvalue weighted by Crippen LogP contribution is 2.22. The fourth-order valence-corrected chi connectivity index (χ4v) is 2.61. The van der Waals surface area contributed by atoms with Crippen LogP contribution in [0.4, 0.5) is 0 Å². The maximum Gasteiger partial charge on any atom is 0.134 e. The molecule has 3 heteroatoms. The van der Waals surface area contributed by atoms with Crippen molar-refractivity contribution in [1.82, 2.24) is 5.32 Å². The Labute approximate surface area is 106 Å². The van der Waals surface area contributed by atoms with Crippen LogP contribution in [0.2, 0.25) is 0 Å². The van der Waals surface area contributed by atoms with E-state index in [0.29, 0.717) is 11.6 Å². The van der Waals surface area contributed by atoms with Crippen molar-refractivity contribution in [1.29, 1.82) is 5.26 Å². The lowest BCUT2D eigenvalue weighted by molar-refractivity contribution is 0.494. The summed E-state index contributed by atoms with van der Waals surface area (Å²) in [6, 6.07) is 10.4. The van der Waals surface area contributed by atoms with Crippen LogP contribution in [-0.2, 0) is 6.42 Å². The molecule has 1 aromatic carbocycles. The van der Waals surface area contributed by atoms with Gasteiger partial charge in [-0.1, -0.05) is 0 Å². The van der Waals surface area contributed by atoms with Gasteiger partial charge in [0.1, 0.15) is 11.3 Å². The number of hydrogen-bond donors (Lipinski definition) is 1. The van der Waals surface area contributed by atoms with Crippen LogP contribution in [0.3, 0.4) is 0 Å². The molecule has 0 saturated carbocycles. The quantitative estimate of drug-likeness (QED) is 0.897. The molecular formula is C15H16N2O. The van der Waals surface area contributed by atoms with Gasteiger partial charge in [0, 0.05) is 17.8 Å². The minimum Gasteiger partial charge on any atom is -0.461 e. The Hall–Kier alpha value is -1.79. The second-order valence-corrected chi connectivity index (χ2v) is 4.91. The monoisotopic (exact) mass is 240 g/mol. The zero-order valence-electron chi connectivity index (χ0n) is 10.3. The van der Waals surface area contributed by atoms with Crippen molar-refractivity contribution in [3.63, 3.8) is 0 Å². The van der Waals surface area contributed by atoms with Gasteiger partial charge >= 0.3 is 0 Å². The molecule has 1 N–H and O–H groups in total. The van der Waals surface area contributed by atoms with E-state index in [1.807, 2.05) is 12.1 Å². The Morgan fingerprint density at radius 3 is 3.11 bits per heavy atom. The summed E-state index contributed by atoms with van der Waals surface area (Å²) in [5, 5.41) is 13.4. The van der Waals surface area contributed by atoms with Crippen LogP contribution in [0.5, 0.6) is 0 Å². The normalized spacial score (nSPS) is 19.2. The molecule has 0 bridgehead atoms. The minimum atomic E-state index is 0.646. The molecule has 1 aliphatic rings. The van der Waals surface area contributed by atoms with E-state index in [1.165, 1.54) is 12.8 Å². The van der Waals surface area contributed by atoms with Crippen molar-refractivity contribution in [3.05, 3.63) is 35.6 Å². The van der Waals surface area contributed by atoms with Gasteiger partial charge < -0.3 is 9.73 Å². The number of aryl methyl sites for hydroxylation is 1. The van der Waals surface area contributed by atoms with Crippen LogP contribution < -0.4 is 5.32 Å². The first kappa shape index (κ1) is 11.3. The SMILES string of the molecule is N#Cc1ccc2oc(CCC3CCCN3)cc2c1. The molecule has 1 atom stereocenters. The van der Waals surface area contributed by atoms with Gasteiger partial charge in [0.25, 0.3) is 0 Å². The van der Waals surface area contributed by atoms with Crippen LogP contribution in [0.15, 0.2) is 28.7 Å². The predicted octanol–water partition coefficient (Wildman–Crippen LogP) is 2.99. The first-order valence-corrected chi connectivity index (χ1v) is 6.51. The molecule has 1 aromatic heterocycles. The number of nitrogens with zero attached hydrogens (tertiary/aromatic N) is 1. The van der Waals surface area contributed by atoms with Crippen LogP contribution in [0.1, 0.15) is 30.6 Å². The number of hydrogen-bond acceptors (Lipinski definition) is 3. The number of furan rings is 1. The summed E-state index contributed by atoms with van der Waals surface area (Å²) in [7, 11) is 0. The van der Waals surface area contributed by atoms with Gasteiger partial charge in [-0.2, -0.15) is 5.26 Å². The molecule has 2 aromatic rings. The van der Waals surface area contributed by atoms with Gasteiger partial charge in [0.15, 0.2) is 0 Å². The second kappa shape index (κ2) is 4.83. The highest BCUT2D eigenvalue weighted by Gasteiger charge is 2.14. The van der Waals surface area contributed by atoms with E-state index in [0.717, 1.165) is 36.1 Å². The van der Waals surface area contributed by atoms with Gasteiger partial charge in [-0.3, -0.25) is 0 Å². The molecule has 92 valence electrons. The fourth-order valence-electron chi connectivity index (χ4n) is 2.61. The summed E-state index contributed by atoms with van der Waals surface area (Å²) in [6.45, 7) is 1.15. The Balaban J connectivity index is 1.74. The van der Waals surface area contributed by atoms with Crippen molar-refractivity contribution >= 4 is 11.0 Å². The fraction of sp³-hybridized carbons (Fsp3) is 0.400. The average Bonchev–Trinajstić information content (AvgIpc) is 3.04. The smallest absolute Gasteiger partial charge is 0.134 e. The minimum absolute atomic E-state index is 0.646. The van der Waals surface area contributed by atoms with Crippen LogP contribution in [-0.4, -0.2) is 12.6 Å². The zero-order valence-corrected chi connectivity index (χ0v) is 10.3. The topological polar surface area (TPSA) is 49.0 Å². The molecule has 1 fully saturated rings. The van der Waals surface area contributed by atoms with Gasteiger partial charge in [-0.25, -0.2) is 0 Å². The molecular weight excluding hydrogens is 224 g/mol. The lowest BCUT2D eigenvalue weighted by atomic mass is 10.1. The summed E-state index contributed by atoms with van der Waals surface area (Å²) in [4.78, 5) is 0. The lowest BCUT2D eigenvalue weighted by Crippen LogP contribution is -2.21. The third kappa shape index (κ3) is 2.25. The standard InChI is InChI=1S/C15H16N2O/c16-10-11-3-6-15-12(8-11)9-14(18-15)5-4-13-2-1-7-17-13/h3,6,8-9,13,17H,1-2,4-5,7H2. The number of rotatable bonds is 3. The van der Waals surface area contributed by atoms with Gasteiger partial charge in [0.2, 0.25) is 0 Å². The first-order chi connectivity index (χ1) is 8.85. The summed E-state index contributed by atoms with van der Waals surface area (Å²) in [5.41, 5.74) is 1.57. The zero-order chi connectivity index (χ0) is 12.4. The van der Waals surface area contributed by atoms with E-state index in [-0.39, 0.29) is 0 Å². The van der Waals surface area contributed by atoms with Crippen molar-refractivity contribution < 1.29 is 4.42 Å². The van der Waals surface area contributed by atoms with Crippen molar-refractivity contribution in [3.8, 4) is 6.07 Å². The number of nitriles is 1. The summed E-state index contributed by atoms with van der Waals surface area (Å²) in [5.74, 6) is 1.02. The van der Waals surface area contributed by atoms with E-state index >= 15 is 0 Å². The van der Waals surface area contributed by atoms with Crippen LogP contribution in [0.25, 0.3) is 11.0 Å². The predicted molar refractivity (Wildman–Crippen MR) is 70.3 cm³/mol. The average molecular weight is 240 g/mol. The molecule has 1 aliphatic heterocycles. The van der Waals surface area contributed by atoms with E-state index in [9.17, 15) is 0 Å². The molecule has 3 rings (SSSR count). The molecule has 0 radical (unpaired) electrons. The number of fused-ring (bicyclic) bond motifs is 1. The molecule has 0 aliphatic carbocycles. The first-order valence-electron chi connectivity index (χ1n) is 6.51. The van der Waals surface area contributed by atoms with E-state index in [1.54, 1.807) is 6.07 Å². The number of nitrogens with one attached hydrogen (secondary N) is 1. The van der Waals surface area contributed by atoms with E-state index in [2.05, 4.69) is 17.5 Å². The van der Waals surface area contributed by atoms with E-state index < -0.39 is 0 Å². The highest BCUT2D eigenvalue weighted by molar-refractivity contribution is 5.79. The maximum atomic E-state index is 8.86.